The number of alkyl halides is 4. The fraction of sp³-hybridized carbons (Fsp3) is 0.364. The summed E-state index contributed by atoms with van der Waals surface area (Å²) in [6.07, 6.45) is -4.35. The molecule has 3 nitrogen and oxygen atoms in total. The molecule has 0 spiro atoms. The first-order valence-electron chi connectivity index (χ1n) is 5.18. The highest BCUT2D eigenvalue weighted by molar-refractivity contribution is 14.1. The van der Waals surface area contributed by atoms with Gasteiger partial charge in [0.15, 0.2) is 0 Å². The minimum Gasteiger partial charge on any atom is -0.385 e. The molecule has 0 saturated carbocycles. The lowest BCUT2D eigenvalue weighted by Gasteiger charge is -2.19. The minimum absolute atomic E-state index is 0.355. The molecule has 98 valence electrons. The summed E-state index contributed by atoms with van der Waals surface area (Å²) in [7, 11) is 0. The molecule has 0 saturated heterocycles. The quantitative estimate of drug-likeness (QED) is 0.611. The predicted molar refractivity (Wildman–Crippen MR) is 72.8 cm³/mol. The number of benzene rings is 1. The van der Waals surface area contributed by atoms with Crippen molar-refractivity contribution in [3.8, 4) is 0 Å². The van der Waals surface area contributed by atoms with Crippen LogP contribution in [-0.2, 0) is 6.18 Å². The van der Waals surface area contributed by atoms with Crippen molar-refractivity contribution in [2.24, 2.45) is 10.8 Å². The zero-order valence-electron chi connectivity index (χ0n) is 9.50. The summed E-state index contributed by atoms with van der Waals surface area (Å²) < 4.78 is 37.5. The van der Waals surface area contributed by atoms with Crippen LogP contribution in [0.25, 0.3) is 0 Å². The van der Waals surface area contributed by atoms with E-state index in [0.29, 0.717) is 18.1 Å². The van der Waals surface area contributed by atoms with Crippen molar-refractivity contribution in [2.45, 2.75) is 16.5 Å². The summed E-state index contributed by atoms with van der Waals surface area (Å²) in [4.78, 5) is 0. The van der Waals surface area contributed by atoms with Crippen molar-refractivity contribution in [3.05, 3.63) is 29.8 Å². The molecule has 0 bridgehead atoms. The molecule has 0 radical (unpaired) electrons. The average molecular weight is 369 g/mol. The van der Waals surface area contributed by atoms with E-state index in [4.69, 9.17) is 5.73 Å². The first-order chi connectivity index (χ1) is 8.20. The molecule has 0 fully saturated rings. The van der Waals surface area contributed by atoms with Gasteiger partial charge in [-0.2, -0.15) is 18.3 Å². The molecular formula is C11H11F3IN3. The molecule has 1 aromatic carbocycles. The van der Waals surface area contributed by atoms with Gasteiger partial charge in [0.2, 0.25) is 0 Å². The van der Waals surface area contributed by atoms with Gasteiger partial charge < -0.3 is 5.73 Å². The van der Waals surface area contributed by atoms with E-state index in [1.54, 1.807) is 6.07 Å². The van der Waals surface area contributed by atoms with Gasteiger partial charge in [0, 0.05) is 0 Å². The number of amidine groups is 1. The first kappa shape index (κ1) is 13.4. The lowest BCUT2D eigenvalue weighted by molar-refractivity contribution is -0.137. The molecule has 0 aromatic heterocycles. The third-order valence-electron chi connectivity index (χ3n) is 2.68. The van der Waals surface area contributed by atoms with Crippen molar-refractivity contribution in [1.29, 1.82) is 0 Å². The van der Waals surface area contributed by atoms with E-state index in [0.717, 1.165) is 12.1 Å². The van der Waals surface area contributed by atoms with E-state index in [-0.39, 0.29) is 3.42 Å². The van der Waals surface area contributed by atoms with Crippen LogP contribution in [0.15, 0.2) is 29.4 Å². The van der Waals surface area contributed by atoms with Gasteiger partial charge in [-0.1, -0.05) is 28.7 Å². The van der Waals surface area contributed by atoms with Gasteiger partial charge in [-0.05, 0) is 25.1 Å². The number of hydrogen-bond acceptors (Lipinski definition) is 3. The maximum atomic E-state index is 12.6. The van der Waals surface area contributed by atoms with Crippen LogP contribution >= 0.6 is 22.6 Å². The number of hydrogen-bond donors (Lipinski definition) is 1. The Morgan fingerprint density at radius 1 is 1.44 bits per heavy atom. The minimum atomic E-state index is -4.35. The predicted octanol–water partition coefficient (Wildman–Crippen LogP) is 2.99. The Balaban J connectivity index is 2.32. The summed E-state index contributed by atoms with van der Waals surface area (Å²) in [6, 6.07) is 5.07. The second kappa shape index (κ2) is 4.29. The van der Waals surface area contributed by atoms with Gasteiger partial charge >= 0.3 is 6.18 Å². The Bertz CT molecular complexity index is 497. The van der Waals surface area contributed by atoms with E-state index in [2.05, 4.69) is 27.7 Å². The number of anilines is 1. The van der Waals surface area contributed by atoms with Crippen LogP contribution in [0.1, 0.15) is 12.5 Å². The molecule has 1 unspecified atom stereocenters. The summed E-state index contributed by atoms with van der Waals surface area (Å²) in [5.41, 5.74) is 5.45. The van der Waals surface area contributed by atoms with E-state index in [1.165, 1.54) is 11.1 Å². The van der Waals surface area contributed by atoms with Crippen LogP contribution in [0, 0.1) is 0 Å². The summed E-state index contributed by atoms with van der Waals surface area (Å²) in [5.74, 6) is 0.417. The SMILES string of the molecule is CC1(I)CN(c2cccc(C(F)(F)F)c2)N=C1N. The lowest BCUT2D eigenvalue weighted by atomic mass is 10.1. The van der Waals surface area contributed by atoms with Crippen LogP contribution in [0.3, 0.4) is 0 Å². The maximum absolute atomic E-state index is 12.6. The number of rotatable bonds is 1. The fourth-order valence-corrected chi connectivity index (χ4v) is 2.05. The van der Waals surface area contributed by atoms with Crippen LogP contribution in [0.5, 0.6) is 0 Å². The summed E-state index contributed by atoms with van der Waals surface area (Å²) >= 11 is 2.14. The standard InChI is InChI=1S/C11H11F3IN3/c1-10(15)6-18(17-9(10)16)8-4-2-3-7(5-8)11(12,13)14/h2-5H,6H2,1H3,(H2,16,17). The normalized spacial score (nSPS) is 24.3. The highest BCUT2D eigenvalue weighted by atomic mass is 127. The van der Waals surface area contributed by atoms with Crippen LogP contribution in [0.4, 0.5) is 18.9 Å². The van der Waals surface area contributed by atoms with Gasteiger partial charge in [-0.3, -0.25) is 5.01 Å². The van der Waals surface area contributed by atoms with E-state index >= 15 is 0 Å². The smallest absolute Gasteiger partial charge is 0.385 e. The fourth-order valence-electron chi connectivity index (χ4n) is 1.62. The largest absolute Gasteiger partial charge is 0.416 e. The Morgan fingerprint density at radius 2 is 2.11 bits per heavy atom. The summed E-state index contributed by atoms with van der Waals surface area (Å²) in [6.45, 7) is 2.35. The highest BCUT2D eigenvalue weighted by Crippen LogP contribution is 2.34. The summed E-state index contributed by atoms with van der Waals surface area (Å²) in [5, 5.41) is 5.58. The number of nitrogens with two attached hydrogens (primary N) is 1. The number of halogens is 4. The molecule has 2 rings (SSSR count). The van der Waals surface area contributed by atoms with E-state index in [1.807, 2.05) is 6.92 Å². The Morgan fingerprint density at radius 3 is 2.61 bits per heavy atom. The van der Waals surface area contributed by atoms with Gasteiger partial charge in [0.05, 0.1) is 21.2 Å². The molecule has 1 heterocycles. The highest BCUT2D eigenvalue weighted by Gasteiger charge is 2.36. The van der Waals surface area contributed by atoms with Gasteiger partial charge in [0.25, 0.3) is 0 Å². The van der Waals surface area contributed by atoms with E-state index < -0.39 is 11.7 Å². The second-order valence-electron chi connectivity index (χ2n) is 4.29. The molecule has 1 aliphatic rings. The van der Waals surface area contributed by atoms with Crippen LogP contribution in [0.2, 0.25) is 0 Å². The number of nitrogens with zero attached hydrogens (tertiary/aromatic N) is 2. The lowest BCUT2D eigenvalue weighted by Crippen LogP contribution is -2.35. The second-order valence-corrected chi connectivity index (χ2v) is 6.67. The molecule has 2 N–H and O–H groups in total. The zero-order valence-corrected chi connectivity index (χ0v) is 11.7. The number of hydrazone groups is 1. The molecule has 1 aromatic rings. The Hall–Kier alpha value is -0.990. The Kier molecular flexibility index (Phi) is 3.20. The monoisotopic (exact) mass is 369 g/mol. The van der Waals surface area contributed by atoms with Crippen molar-refractivity contribution in [2.75, 3.05) is 11.6 Å². The van der Waals surface area contributed by atoms with Crippen molar-refractivity contribution in [3.63, 3.8) is 0 Å². The van der Waals surface area contributed by atoms with Gasteiger partial charge in [-0.15, -0.1) is 0 Å². The average Bonchev–Trinajstić information content (AvgIpc) is 2.53. The van der Waals surface area contributed by atoms with Gasteiger partial charge in [-0.25, -0.2) is 0 Å². The molecule has 0 amide bonds. The zero-order chi connectivity index (χ0) is 13.6. The van der Waals surface area contributed by atoms with Crippen LogP contribution in [-0.4, -0.2) is 15.8 Å². The molecule has 1 aliphatic heterocycles. The third kappa shape index (κ3) is 2.55. The molecule has 7 heteroatoms. The van der Waals surface area contributed by atoms with Crippen LogP contribution < -0.4 is 10.7 Å². The third-order valence-corrected chi connectivity index (χ3v) is 3.57. The van der Waals surface area contributed by atoms with Crippen molar-refractivity contribution in [1.82, 2.24) is 0 Å². The maximum Gasteiger partial charge on any atom is 0.416 e. The molecule has 0 aliphatic carbocycles. The molecular weight excluding hydrogens is 358 g/mol. The molecule has 1 atom stereocenters. The van der Waals surface area contributed by atoms with Crippen molar-refractivity contribution >= 4 is 34.1 Å². The molecule has 18 heavy (non-hydrogen) atoms. The van der Waals surface area contributed by atoms with Crippen molar-refractivity contribution < 1.29 is 13.2 Å². The first-order valence-corrected chi connectivity index (χ1v) is 6.26. The van der Waals surface area contributed by atoms with Gasteiger partial charge in [0.1, 0.15) is 5.84 Å². The Labute approximate surface area is 116 Å². The topological polar surface area (TPSA) is 41.6 Å². The van der Waals surface area contributed by atoms with E-state index in [9.17, 15) is 13.2 Å².